The van der Waals surface area contributed by atoms with Gasteiger partial charge in [0.15, 0.2) is 0 Å². The van der Waals surface area contributed by atoms with E-state index in [4.69, 9.17) is 10.2 Å². The summed E-state index contributed by atoms with van der Waals surface area (Å²) in [6.45, 7) is 3.82. The van der Waals surface area contributed by atoms with Crippen LogP contribution in [0.5, 0.6) is 0 Å². The minimum atomic E-state index is -0.754. The molecule has 0 bridgehead atoms. The lowest BCUT2D eigenvalue weighted by molar-refractivity contribution is -0.138. The molecule has 2 N–H and O–H groups in total. The maximum atomic E-state index is 10.5. The highest BCUT2D eigenvalue weighted by molar-refractivity contribution is 5.67. The highest BCUT2D eigenvalue weighted by Crippen LogP contribution is 2.09. The van der Waals surface area contributed by atoms with Gasteiger partial charge in [-0.3, -0.25) is 9.59 Å². The predicted molar refractivity (Wildman–Crippen MR) is 84.2 cm³/mol. The Morgan fingerprint density at radius 3 is 1.52 bits per heavy atom. The molecule has 0 saturated carbocycles. The molecule has 0 aromatic carbocycles. The zero-order chi connectivity index (χ0) is 16.1. The van der Waals surface area contributed by atoms with Crippen LogP contribution in [0.3, 0.4) is 0 Å². The lowest BCUT2D eigenvalue weighted by Gasteiger charge is -2.01. The van der Waals surface area contributed by atoms with E-state index < -0.39 is 11.9 Å². The van der Waals surface area contributed by atoms with Gasteiger partial charge in [-0.1, -0.05) is 44.6 Å². The molecule has 0 spiro atoms. The Labute approximate surface area is 127 Å². The van der Waals surface area contributed by atoms with E-state index in [1.165, 1.54) is 0 Å². The molecule has 0 aliphatic carbocycles. The molecule has 0 aliphatic rings. The smallest absolute Gasteiger partial charge is 0.303 e. The van der Waals surface area contributed by atoms with Gasteiger partial charge in [0.1, 0.15) is 0 Å². The standard InChI is InChI=1S/C17H28O4/c1-14(12-16(18)19)10-8-6-4-3-5-7-9-11-15(2)13-17(20)21/h8-11,14-15H,3-7,12-13H2,1-2H3,(H,18,19)(H,20,21)/b10-8+,11-9+. The Kier molecular flexibility index (Phi) is 11.3. The molecule has 0 radical (unpaired) electrons. The summed E-state index contributed by atoms with van der Waals surface area (Å²) in [5.74, 6) is -1.31. The summed E-state index contributed by atoms with van der Waals surface area (Å²) in [4.78, 5) is 21.0. The van der Waals surface area contributed by atoms with Crippen molar-refractivity contribution in [3.8, 4) is 0 Å². The normalized spacial score (nSPS) is 14.6. The van der Waals surface area contributed by atoms with Gasteiger partial charge in [-0.2, -0.15) is 0 Å². The van der Waals surface area contributed by atoms with Crippen LogP contribution in [-0.2, 0) is 9.59 Å². The first-order valence-corrected chi connectivity index (χ1v) is 7.68. The molecule has 2 atom stereocenters. The van der Waals surface area contributed by atoms with Gasteiger partial charge in [-0.05, 0) is 37.5 Å². The summed E-state index contributed by atoms with van der Waals surface area (Å²) in [6.07, 6.45) is 13.8. The molecular weight excluding hydrogens is 268 g/mol. The third-order valence-electron chi connectivity index (χ3n) is 3.16. The van der Waals surface area contributed by atoms with Gasteiger partial charge >= 0.3 is 11.9 Å². The predicted octanol–water partition coefficient (Wildman–Crippen LogP) is 4.27. The van der Waals surface area contributed by atoms with Crippen LogP contribution in [0, 0.1) is 11.8 Å². The molecule has 0 saturated heterocycles. The van der Waals surface area contributed by atoms with Crippen molar-refractivity contribution in [1.82, 2.24) is 0 Å². The first-order chi connectivity index (χ1) is 9.91. The van der Waals surface area contributed by atoms with Crippen molar-refractivity contribution in [3.63, 3.8) is 0 Å². The minimum Gasteiger partial charge on any atom is -0.481 e. The Bertz CT molecular complexity index is 324. The number of hydrogen-bond donors (Lipinski definition) is 2. The van der Waals surface area contributed by atoms with E-state index in [0.29, 0.717) is 0 Å². The molecular formula is C17H28O4. The van der Waals surface area contributed by atoms with Gasteiger partial charge in [-0.15, -0.1) is 0 Å². The van der Waals surface area contributed by atoms with Crippen molar-refractivity contribution in [2.24, 2.45) is 11.8 Å². The number of carboxylic acids is 2. The second-order valence-electron chi connectivity index (χ2n) is 5.64. The van der Waals surface area contributed by atoms with Crippen LogP contribution in [0.2, 0.25) is 0 Å². The van der Waals surface area contributed by atoms with Crippen molar-refractivity contribution in [3.05, 3.63) is 24.3 Å². The fourth-order valence-electron chi connectivity index (χ4n) is 2.05. The molecule has 0 aromatic rings. The molecule has 0 fully saturated rings. The quantitative estimate of drug-likeness (QED) is 0.416. The number of hydrogen-bond acceptors (Lipinski definition) is 2. The molecule has 0 aromatic heterocycles. The molecule has 2 unspecified atom stereocenters. The monoisotopic (exact) mass is 296 g/mol. The van der Waals surface area contributed by atoms with E-state index in [-0.39, 0.29) is 24.7 Å². The fraction of sp³-hybridized carbons (Fsp3) is 0.647. The Balaban J connectivity index is 3.52. The highest BCUT2D eigenvalue weighted by atomic mass is 16.4. The largest absolute Gasteiger partial charge is 0.481 e. The molecule has 0 rings (SSSR count). The van der Waals surface area contributed by atoms with Crippen molar-refractivity contribution < 1.29 is 19.8 Å². The van der Waals surface area contributed by atoms with Crippen LogP contribution in [0.4, 0.5) is 0 Å². The number of rotatable bonds is 12. The number of allylic oxidation sites excluding steroid dienone is 4. The van der Waals surface area contributed by atoms with E-state index in [2.05, 4.69) is 12.2 Å². The molecule has 4 nitrogen and oxygen atoms in total. The Hall–Kier alpha value is -1.58. The summed E-state index contributed by atoms with van der Waals surface area (Å²) in [5, 5.41) is 17.2. The summed E-state index contributed by atoms with van der Waals surface area (Å²) < 4.78 is 0. The average Bonchev–Trinajstić information content (AvgIpc) is 2.34. The summed E-state index contributed by atoms with van der Waals surface area (Å²) in [5.41, 5.74) is 0. The van der Waals surface area contributed by atoms with Crippen LogP contribution >= 0.6 is 0 Å². The zero-order valence-electron chi connectivity index (χ0n) is 13.1. The van der Waals surface area contributed by atoms with Gasteiger partial charge in [-0.25, -0.2) is 0 Å². The van der Waals surface area contributed by atoms with Crippen molar-refractivity contribution >= 4 is 11.9 Å². The van der Waals surface area contributed by atoms with Gasteiger partial charge in [0.05, 0.1) is 12.8 Å². The van der Waals surface area contributed by atoms with Crippen LogP contribution in [0.15, 0.2) is 24.3 Å². The summed E-state index contributed by atoms with van der Waals surface area (Å²) >= 11 is 0. The van der Waals surface area contributed by atoms with E-state index in [1.54, 1.807) is 0 Å². The topological polar surface area (TPSA) is 74.6 Å². The Morgan fingerprint density at radius 2 is 1.19 bits per heavy atom. The van der Waals surface area contributed by atoms with Crippen LogP contribution in [0.1, 0.15) is 58.8 Å². The highest BCUT2D eigenvalue weighted by Gasteiger charge is 2.03. The van der Waals surface area contributed by atoms with E-state index >= 15 is 0 Å². The van der Waals surface area contributed by atoms with E-state index in [1.807, 2.05) is 26.0 Å². The van der Waals surface area contributed by atoms with Gasteiger partial charge < -0.3 is 10.2 Å². The first-order valence-electron chi connectivity index (χ1n) is 7.68. The lowest BCUT2D eigenvalue weighted by Crippen LogP contribution is -2.01. The molecule has 0 heterocycles. The van der Waals surface area contributed by atoms with Gasteiger partial charge in [0, 0.05) is 0 Å². The molecule has 0 amide bonds. The first kappa shape index (κ1) is 19.4. The minimum absolute atomic E-state index is 0.0983. The fourth-order valence-corrected chi connectivity index (χ4v) is 2.05. The third kappa shape index (κ3) is 14.6. The second-order valence-corrected chi connectivity index (χ2v) is 5.64. The summed E-state index contributed by atoms with van der Waals surface area (Å²) in [7, 11) is 0. The molecule has 21 heavy (non-hydrogen) atoms. The Morgan fingerprint density at radius 1 is 0.810 bits per heavy atom. The van der Waals surface area contributed by atoms with E-state index in [0.717, 1.165) is 32.1 Å². The maximum absolute atomic E-state index is 10.5. The van der Waals surface area contributed by atoms with Crippen LogP contribution in [0.25, 0.3) is 0 Å². The van der Waals surface area contributed by atoms with Crippen LogP contribution in [-0.4, -0.2) is 22.2 Å². The molecule has 120 valence electrons. The number of carbonyl (C=O) groups is 2. The second kappa shape index (κ2) is 12.2. The SMILES string of the molecule is CC(/C=C/CCCCC/C=C/C(C)CC(=O)O)CC(=O)O. The number of unbranched alkanes of at least 4 members (excludes halogenated alkanes) is 4. The van der Waals surface area contributed by atoms with Crippen molar-refractivity contribution in [2.45, 2.75) is 58.8 Å². The maximum Gasteiger partial charge on any atom is 0.303 e. The van der Waals surface area contributed by atoms with E-state index in [9.17, 15) is 9.59 Å². The molecule has 4 heteroatoms. The average molecular weight is 296 g/mol. The number of aliphatic carboxylic acids is 2. The zero-order valence-corrected chi connectivity index (χ0v) is 13.1. The number of carboxylic acid groups (broad SMARTS) is 2. The van der Waals surface area contributed by atoms with Crippen molar-refractivity contribution in [1.29, 1.82) is 0 Å². The molecule has 0 aliphatic heterocycles. The lowest BCUT2D eigenvalue weighted by atomic mass is 10.0. The summed E-state index contributed by atoms with van der Waals surface area (Å²) in [6, 6.07) is 0. The third-order valence-corrected chi connectivity index (χ3v) is 3.16. The van der Waals surface area contributed by atoms with Crippen LogP contribution < -0.4 is 0 Å². The van der Waals surface area contributed by atoms with Gasteiger partial charge in [0.25, 0.3) is 0 Å². The van der Waals surface area contributed by atoms with Gasteiger partial charge in [0.2, 0.25) is 0 Å². The van der Waals surface area contributed by atoms with Crippen molar-refractivity contribution in [2.75, 3.05) is 0 Å².